The van der Waals surface area contributed by atoms with Crippen LogP contribution in [0.4, 0.5) is 5.69 Å². The van der Waals surface area contributed by atoms with E-state index >= 15 is 0 Å². The minimum absolute atomic E-state index is 0.0486. The average Bonchev–Trinajstić information content (AvgIpc) is 2.59. The molecule has 1 aromatic rings. The Labute approximate surface area is 96.0 Å². The number of nitrogens with two attached hydrogens (primary N) is 2. The number of nitrogens with zero attached hydrogens (tertiary/aromatic N) is 3. The number of hydrogen-bond acceptors (Lipinski definition) is 8. The first-order chi connectivity index (χ1) is 8.09. The summed E-state index contributed by atoms with van der Waals surface area (Å²) in [6.07, 6.45) is 0. The monoisotopic (exact) mass is 234 g/mol. The van der Waals surface area contributed by atoms with Crippen LogP contribution in [0.5, 0.6) is 11.5 Å². The molecular weight excluding hydrogens is 224 g/mol. The lowest BCUT2D eigenvalue weighted by Gasteiger charge is -2.06. The fourth-order valence-corrected chi connectivity index (χ4v) is 1.20. The maximum Gasteiger partial charge on any atom is 0.177 e. The van der Waals surface area contributed by atoms with Crippen LogP contribution in [-0.2, 0) is 0 Å². The molecule has 0 saturated heterocycles. The van der Waals surface area contributed by atoms with Crippen LogP contribution < -0.4 is 16.9 Å². The number of benzene rings is 1. The van der Waals surface area contributed by atoms with Crippen molar-refractivity contribution in [2.45, 2.75) is 0 Å². The zero-order chi connectivity index (χ0) is 12.4. The second kappa shape index (κ2) is 4.00. The first-order valence-electron chi connectivity index (χ1n) is 4.61. The minimum Gasteiger partial charge on any atom is -0.506 e. The lowest BCUT2D eigenvalue weighted by Crippen LogP contribution is -2.32. The van der Waals surface area contributed by atoms with E-state index in [0.717, 1.165) is 0 Å². The fourth-order valence-electron chi connectivity index (χ4n) is 1.20. The van der Waals surface area contributed by atoms with Crippen molar-refractivity contribution in [1.29, 1.82) is 0 Å². The lowest BCUT2D eigenvalue weighted by molar-refractivity contribution is 0.454. The number of anilines is 1. The first-order valence-corrected chi connectivity index (χ1v) is 4.61. The van der Waals surface area contributed by atoms with Crippen molar-refractivity contribution in [3.05, 3.63) is 18.2 Å². The molecule has 1 aliphatic rings. The van der Waals surface area contributed by atoms with E-state index in [2.05, 4.69) is 20.7 Å². The topological polar surface area (TPSA) is 142 Å². The molecule has 8 heteroatoms. The van der Waals surface area contributed by atoms with Gasteiger partial charge in [0, 0.05) is 0 Å². The number of hydrogen-bond donors (Lipinski definition) is 5. The summed E-state index contributed by atoms with van der Waals surface area (Å²) in [7, 11) is 0. The first kappa shape index (κ1) is 10.7. The number of phenolic OH excluding ortho intramolecular Hbond substituents is 2. The largest absolute Gasteiger partial charge is 0.506 e. The van der Waals surface area contributed by atoms with Crippen molar-refractivity contribution in [3.8, 4) is 11.5 Å². The van der Waals surface area contributed by atoms with E-state index in [-0.39, 0.29) is 34.6 Å². The van der Waals surface area contributed by atoms with Gasteiger partial charge in [0.2, 0.25) is 0 Å². The highest BCUT2D eigenvalue weighted by molar-refractivity contribution is 6.68. The van der Waals surface area contributed by atoms with Gasteiger partial charge < -0.3 is 21.7 Å². The molecule has 0 aliphatic carbocycles. The van der Waals surface area contributed by atoms with E-state index in [1.165, 1.54) is 18.2 Å². The molecule has 0 fully saturated rings. The zero-order valence-electron chi connectivity index (χ0n) is 8.62. The van der Waals surface area contributed by atoms with Gasteiger partial charge in [-0.3, -0.25) is 5.43 Å². The highest BCUT2D eigenvalue weighted by Gasteiger charge is 2.17. The summed E-state index contributed by atoms with van der Waals surface area (Å²) in [5, 5.41) is 29.8. The van der Waals surface area contributed by atoms with Crippen LogP contribution in [0, 0.1) is 0 Å². The number of para-hydroxylation sites is 1. The van der Waals surface area contributed by atoms with Gasteiger partial charge in [0.15, 0.2) is 17.4 Å². The van der Waals surface area contributed by atoms with Crippen LogP contribution in [-0.4, -0.2) is 27.6 Å². The predicted molar refractivity (Wildman–Crippen MR) is 64.1 cm³/mol. The Balaban J connectivity index is 2.26. The molecule has 2 rings (SSSR count). The Morgan fingerprint density at radius 2 is 1.59 bits per heavy atom. The highest BCUT2D eigenvalue weighted by atomic mass is 16.3. The number of amidine groups is 2. The van der Waals surface area contributed by atoms with Gasteiger partial charge in [0.1, 0.15) is 17.2 Å². The van der Waals surface area contributed by atoms with E-state index in [0.29, 0.717) is 0 Å². The minimum atomic E-state index is -0.154. The molecule has 1 aromatic carbocycles. The van der Waals surface area contributed by atoms with E-state index in [9.17, 15) is 10.2 Å². The van der Waals surface area contributed by atoms with Crippen LogP contribution in [0.2, 0.25) is 0 Å². The van der Waals surface area contributed by atoms with Crippen molar-refractivity contribution in [2.75, 3.05) is 5.43 Å². The molecule has 0 spiro atoms. The Morgan fingerprint density at radius 1 is 1.06 bits per heavy atom. The number of nitrogens with one attached hydrogen (secondary N) is 1. The molecule has 1 heterocycles. The standard InChI is InChI=1S/C9H10N6O2/c10-8-7(9(11)15-14-8)13-12-6-4(16)2-1-3-5(6)17/h1-3,12,16-17H,(H4,10,11,13,14,15). The van der Waals surface area contributed by atoms with Gasteiger partial charge in [-0.15, -0.1) is 10.2 Å². The van der Waals surface area contributed by atoms with Crippen LogP contribution in [0.25, 0.3) is 0 Å². The molecule has 0 atom stereocenters. The molecule has 0 aromatic heterocycles. The van der Waals surface area contributed by atoms with E-state index < -0.39 is 0 Å². The maximum atomic E-state index is 9.48. The van der Waals surface area contributed by atoms with Crippen molar-refractivity contribution in [2.24, 2.45) is 26.8 Å². The maximum absolute atomic E-state index is 9.48. The van der Waals surface area contributed by atoms with Crippen molar-refractivity contribution in [3.63, 3.8) is 0 Å². The van der Waals surface area contributed by atoms with Gasteiger partial charge in [0.05, 0.1) is 0 Å². The molecule has 0 amide bonds. The van der Waals surface area contributed by atoms with Crippen molar-refractivity contribution < 1.29 is 10.2 Å². The average molecular weight is 234 g/mol. The van der Waals surface area contributed by atoms with Gasteiger partial charge in [-0.05, 0) is 12.1 Å². The van der Waals surface area contributed by atoms with Crippen LogP contribution in [0.3, 0.4) is 0 Å². The number of rotatable bonds is 2. The fraction of sp³-hybridized carbons (Fsp3) is 0. The highest BCUT2D eigenvalue weighted by Crippen LogP contribution is 2.32. The third kappa shape index (κ3) is 1.95. The Kier molecular flexibility index (Phi) is 2.53. The van der Waals surface area contributed by atoms with Gasteiger partial charge in [-0.2, -0.15) is 5.10 Å². The second-order valence-electron chi connectivity index (χ2n) is 3.21. The molecular formula is C9H10N6O2. The summed E-state index contributed by atoms with van der Waals surface area (Å²) in [6, 6.07) is 4.28. The number of hydrazone groups is 1. The van der Waals surface area contributed by atoms with E-state index in [1.54, 1.807) is 0 Å². The summed E-state index contributed by atoms with van der Waals surface area (Å²) in [5.74, 6) is -0.188. The molecule has 88 valence electrons. The van der Waals surface area contributed by atoms with Crippen LogP contribution in [0.15, 0.2) is 33.5 Å². The molecule has 0 radical (unpaired) electrons. The molecule has 0 unspecified atom stereocenters. The summed E-state index contributed by atoms with van der Waals surface area (Å²) < 4.78 is 0. The Hall–Kier alpha value is -2.77. The number of aromatic hydroxyl groups is 2. The summed E-state index contributed by atoms with van der Waals surface area (Å²) in [4.78, 5) is 0. The summed E-state index contributed by atoms with van der Waals surface area (Å²) in [6.45, 7) is 0. The molecule has 1 aliphatic heterocycles. The van der Waals surface area contributed by atoms with Gasteiger partial charge >= 0.3 is 0 Å². The summed E-state index contributed by atoms with van der Waals surface area (Å²) >= 11 is 0. The molecule has 8 nitrogen and oxygen atoms in total. The van der Waals surface area contributed by atoms with E-state index in [4.69, 9.17) is 11.5 Å². The van der Waals surface area contributed by atoms with Crippen LogP contribution in [0.1, 0.15) is 0 Å². The molecule has 0 saturated carbocycles. The Morgan fingerprint density at radius 3 is 2.12 bits per heavy atom. The zero-order valence-corrected chi connectivity index (χ0v) is 8.62. The third-order valence-corrected chi connectivity index (χ3v) is 2.05. The smallest absolute Gasteiger partial charge is 0.177 e. The number of phenols is 2. The van der Waals surface area contributed by atoms with Crippen LogP contribution >= 0.6 is 0 Å². The molecule has 17 heavy (non-hydrogen) atoms. The van der Waals surface area contributed by atoms with Crippen molar-refractivity contribution >= 4 is 23.1 Å². The molecule has 0 bridgehead atoms. The third-order valence-electron chi connectivity index (χ3n) is 2.05. The van der Waals surface area contributed by atoms with Gasteiger partial charge in [0.25, 0.3) is 0 Å². The Bertz CT molecular complexity index is 508. The lowest BCUT2D eigenvalue weighted by atomic mass is 10.3. The quantitative estimate of drug-likeness (QED) is 0.346. The summed E-state index contributed by atoms with van der Waals surface area (Å²) in [5.41, 5.74) is 13.6. The van der Waals surface area contributed by atoms with E-state index in [1.807, 2.05) is 0 Å². The normalized spacial score (nSPS) is 14.2. The van der Waals surface area contributed by atoms with Crippen molar-refractivity contribution in [1.82, 2.24) is 0 Å². The van der Waals surface area contributed by atoms with Gasteiger partial charge in [-0.1, -0.05) is 6.07 Å². The SMILES string of the molecule is NC1=NN=C(N)C1=NNc1c(O)cccc1O. The second-order valence-corrected chi connectivity index (χ2v) is 3.21. The van der Waals surface area contributed by atoms with Gasteiger partial charge in [-0.25, -0.2) is 0 Å². The molecule has 7 N–H and O–H groups in total. The predicted octanol–water partition coefficient (Wildman–Crippen LogP) is -0.491.